The molecule has 0 fully saturated rings. The van der Waals surface area contributed by atoms with Crippen molar-refractivity contribution in [2.24, 2.45) is 0 Å². The van der Waals surface area contributed by atoms with Crippen LogP contribution in [0.3, 0.4) is 0 Å². The van der Waals surface area contributed by atoms with Crippen molar-refractivity contribution < 1.29 is 4.42 Å². The summed E-state index contributed by atoms with van der Waals surface area (Å²) in [5, 5.41) is 2.31. The van der Waals surface area contributed by atoms with E-state index in [0.29, 0.717) is 0 Å². The van der Waals surface area contributed by atoms with Gasteiger partial charge in [0.2, 0.25) is 0 Å². The average Bonchev–Trinajstić information content (AvgIpc) is 2.81. The first-order chi connectivity index (χ1) is 8.79. The Morgan fingerprint density at radius 1 is 1.22 bits per heavy atom. The van der Waals surface area contributed by atoms with Crippen LogP contribution in [0.4, 0.5) is 0 Å². The van der Waals surface area contributed by atoms with Gasteiger partial charge < -0.3 is 4.42 Å². The molecule has 0 saturated carbocycles. The molecule has 0 radical (unpaired) electrons. The lowest BCUT2D eigenvalue weighted by Crippen LogP contribution is -1.80. The second-order valence-corrected chi connectivity index (χ2v) is 5.23. The van der Waals surface area contributed by atoms with Crippen LogP contribution in [0.5, 0.6) is 0 Å². The first-order valence-electron chi connectivity index (χ1n) is 6.26. The summed E-state index contributed by atoms with van der Waals surface area (Å²) in [4.78, 5) is 4.52. The number of aryl methyl sites for hydroxylation is 1. The zero-order valence-electron chi connectivity index (χ0n) is 10.2. The van der Waals surface area contributed by atoms with Crippen LogP contribution in [-0.4, -0.2) is 4.98 Å². The highest BCUT2D eigenvalue weighted by Gasteiger charge is 2.11. The molecule has 3 heteroatoms. The van der Waals surface area contributed by atoms with Crippen molar-refractivity contribution in [3.8, 4) is 0 Å². The second kappa shape index (κ2) is 4.73. The van der Waals surface area contributed by atoms with E-state index >= 15 is 0 Å². The monoisotopic (exact) mass is 303 g/mol. The van der Waals surface area contributed by atoms with E-state index in [4.69, 9.17) is 4.42 Å². The summed E-state index contributed by atoms with van der Waals surface area (Å²) in [6.45, 7) is 2.19. The highest BCUT2D eigenvalue weighted by Crippen LogP contribution is 2.32. The molecule has 0 saturated heterocycles. The Balaban J connectivity index is 2.24. The zero-order chi connectivity index (χ0) is 12.5. The summed E-state index contributed by atoms with van der Waals surface area (Å²) in [5.41, 5.74) is 1.86. The van der Waals surface area contributed by atoms with E-state index in [0.717, 1.165) is 45.1 Å². The molecule has 0 atom stereocenters. The molecule has 3 aromatic rings. The van der Waals surface area contributed by atoms with Crippen LogP contribution in [-0.2, 0) is 6.42 Å². The van der Waals surface area contributed by atoms with E-state index in [9.17, 15) is 0 Å². The Morgan fingerprint density at radius 2 is 2.06 bits per heavy atom. The van der Waals surface area contributed by atoms with Gasteiger partial charge in [-0.3, -0.25) is 0 Å². The number of para-hydroxylation sites is 1. The average molecular weight is 304 g/mol. The van der Waals surface area contributed by atoms with Crippen molar-refractivity contribution in [1.82, 2.24) is 4.98 Å². The van der Waals surface area contributed by atoms with Crippen molar-refractivity contribution in [1.29, 1.82) is 0 Å². The predicted molar refractivity (Wildman–Crippen MR) is 77.8 cm³/mol. The number of fused-ring (bicyclic) bond motifs is 3. The van der Waals surface area contributed by atoms with Crippen LogP contribution in [0.25, 0.3) is 21.9 Å². The molecule has 0 amide bonds. The number of aromatic nitrogens is 1. The molecule has 2 aromatic heterocycles. The highest BCUT2D eigenvalue weighted by molar-refractivity contribution is 9.10. The Hall–Kier alpha value is -1.35. The summed E-state index contributed by atoms with van der Waals surface area (Å²) in [6, 6.07) is 10.3. The number of unbranched alkanes of at least 4 members (excludes halogenated alkanes) is 1. The molecule has 0 aliphatic heterocycles. The Kier molecular flexibility index (Phi) is 3.08. The van der Waals surface area contributed by atoms with Gasteiger partial charge in [0.25, 0.3) is 0 Å². The molecule has 2 nitrogen and oxygen atoms in total. The normalized spacial score (nSPS) is 11.4. The fraction of sp³-hybridized carbons (Fsp3) is 0.267. The minimum atomic E-state index is 0.791. The SMILES string of the molecule is CCCCc1cc2c(o1)c(Br)nc1ccccc12. The summed E-state index contributed by atoms with van der Waals surface area (Å²) in [5.74, 6) is 1.05. The standard InChI is InChI=1S/C15H14BrNO/c1-2-3-6-10-9-12-11-7-4-5-8-13(11)17-15(16)14(12)18-10/h4-5,7-9H,2-3,6H2,1H3. The first kappa shape index (κ1) is 11.7. The number of benzene rings is 1. The maximum Gasteiger partial charge on any atom is 0.167 e. The Bertz CT molecular complexity index is 702. The number of halogens is 1. The van der Waals surface area contributed by atoms with Crippen LogP contribution in [0, 0.1) is 0 Å². The van der Waals surface area contributed by atoms with Crippen LogP contribution in [0.15, 0.2) is 39.4 Å². The summed E-state index contributed by atoms with van der Waals surface area (Å²) >= 11 is 3.49. The fourth-order valence-electron chi connectivity index (χ4n) is 2.22. The van der Waals surface area contributed by atoms with E-state index in [1.165, 1.54) is 6.42 Å². The number of hydrogen-bond acceptors (Lipinski definition) is 2. The lowest BCUT2D eigenvalue weighted by Gasteiger charge is -1.99. The van der Waals surface area contributed by atoms with Gasteiger partial charge in [0.05, 0.1) is 5.52 Å². The van der Waals surface area contributed by atoms with Crippen LogP contribution in [0.1, 0.15) is 25.5 Å². The maximum atomic E-state index is 5.90. The largest absolute Gasteiger partial charge is 0.458 e. The lowest BCUT2D eigenvalue weighted by atomic mass is 10.1. The van der Waals surface area contributed by atoms with E-state index in [1.54, 1.807) is 0 Å². The molecule has 0 aliphatic carbocycles. The zero-order valence-corrected chi connectivity index (χ0v) is 11.8. The lowest BCUT2D eigenvalue weighted by molar-refractivity contribution is 0.534. The van der Waals surface area contributed by atoms with E-state index in [-0.39, 0.29) is 0 Å². The molecule has 3 rings (SSSR count). The number of furan rings is 1. The van der Waals surface area contributed by atoms with Gasteiger partial charge in [0.1, 0.15) is 10.4 Å². The number of pyridine rings is 1. The molecule has 2 heterocycles. The van der Waals surface area contributed by atoms with Crippen molar-refractivity contribution in [2.45, 2.75) is 26.2 Å². The molecule has 18 heavy (non-hydrogen) atoms. The molecule has 0 N–H and O–H groups in total. The number of rotatable bonds is 3. The molecule has 92 valence electrons. The highest BCUT2D eigenvalue weighted by atomic mass is 79.9. The van der Waals surface area contributed by atoms with Gasteiger partial charge in [0.15, 0.2) is 5.58 Å². The van der Waals surface area contributed by atoms with E-state index < -0.39 is 0 Å². The summed E-state index contributed by atoms with van der Waals surface area (Å²) < 4.78 is 6.69. The van der Waals surface area contributed by atoms with E-state index in [1.807, 2.05) is 18.2 Å². The molecule has 0 unspecified atom stereocenters. The summed E-state index contributed by atoms with van der Waals surface area (Å²) in [7, 11) is 0. The topological polar surface area (TPSA) is 26.0 Å². The predicted octanol–water partition coefficient (Wildman–Crippen LogP) is 5.09. The molecule has 0 spiro atoms. The van der Waals surface area contributed by atoms with Gasteiger partial charge in [-0.1, -0.05) is 31.5 Å². The molecule has 1 aromatic carbocycles. The smallest absolute Gasteiger partial charge is 0.167 e. The number of hydrogen-bond donors (Lipinski definition) is 0. The van der Waals surface area contributed by atoms with Gasteiger partial charge >= 0.3 is 0 Å². The van der Waals surface area contributed by atoms with Crippen LogP contribution in [0.2, 0.25) is 0 Å². The van der Waals surface area contributed by atoms with Gasteiger partial charge in [-0.05, 0) is 34.5 Å². The minimum Gasteiger partial charge on any atom is -0.458 e. The van der Waals surface area contributed by atoms with Crippen molar-refractivity contribution in [3.63, 3.8) is 0 Å². The third-order valence-electron chi connectivity index (χ3n) is 3.16. The van der Waals surface area contributed by atoms with Gasteiger partial charge in [-0.25, -0.2) is 4.98 Å². The quantitative estimate of drug-likeness (QED) is 0.630. The second-order valence-electron chi connectivity index (χ2n) is 4.48. The number of nitrogens with zero attached hydrogens (tertiary/aromatic N) is 1. The molecular weight excluding hydrogens is 290 g/mol. The fourth-order valence-corrected chi connectivity index (χ4v) is 2.71. The Morgan fingerprint density at radius 3 is 2.89 bits per heavy atom. The van der Waals surface area contributed by atoms with Gasteiger partial charge in [-0.15, -0.1) is 0 Å². The van der Waals surface area contributed by atoms with Crippen molar-refractivity contribution in [3.05, 3.63) is 40.7 Å². The molecular formula is C15H14BrNO. The first-order valence-corrected chi connectivity index (χ1v) is 7.05. The van der Waals surface area contributed by atoms with Crippen LogP contribution >= 0.6 is 15.9 Å². The maximum absolute atomic E-state index is 5.90. The summed E-state index contributed by atoms with van der Waals surface area (Å²) in [6.07, 6.45) is 3.33. The van der Waals surface area contributed by atoms with Crippen LogP contribution < -0.4 is 0 Å². The minimum absolute atomic E-state index is 0.791. The van der Waals surface area contributed by atoms with E-state index in [2.05, 4.69) is 40.0 Å². The van der Waals surface area contributed by atoms with Gasteiger partial charge in [-0.2, -0.15) is 0 Å². The molecule has 0 bridgehead atoms. The van der Waals surface area contributed by atoms with Crippen molar-refractivity contribution >= 4 is 37.8 Å². The third-order valence-corrected chi connectivity index (χ3v) is 3.70. The molecule has 0 aliphatic rings. The third kappa shape index (κ3) is 1.93. The Labute approximate surface area is 114 Å². The van der Waals surface area contributed by atoms with Gasteiger partial charge in [0, 0.05) is 17.2 Å². The van der Waals surface area contributed by atoms with Crippen molar-refractivity contribution in [2.75, 3.05) is 0 Å².